The number of Topliss-reactive ketones (excluding diaryl/α,β-unsaturated/α-hetero) is 2. The third-order valence-electron chi connectivity index (χ3n) is 10.8. The van der Waals surface area contributed by atoms with Crippen molar-refractivity contribution in [1.82, 2.24) is 14.5 Å². The highest BCUT2D eigenvalue weighted by molar-refractivity contribution is 7.90. The molecule has 3 heterocycles. The van der Waals surface area contributed by atoms with Crippen LogP contribution in [0, 0.1) is 22.7 Å². The standard InChI is InChI=1S/C36H46N4O9S/c1-5-23-16-36(23,33(44)38-50(46,47)25-11-12-25)17-30(42)28-14-24-19-40(28)32(43)27(35(2,3)4)15-29(41)31(37)48-13-7-10-21-8-6-9-22-18-39(20-26(21)22)34(45)49-24/h5-10,23-25,27-28,31H,1,11-20,37H2,2-4H3,(H,38,44)/b10-7+/t23-,24-,27-,28+,31-,36-/m1/s1. The molecule has 14 heteroatoms. The van der Waals surface area contributed by atoms with Crippen LogP contribution in [-0.4, -0.2) is 84.5 Å². The van der Waals surface area contributed by atoms with Gasteiger partial charge in [-0.3, -0.25) is 34.5 Å². The Morgan fingerprint density at radius 3 is 2.56 bits per heavy atom. The van der Waals surface area contributed by atoms with Crippen LogP contribution in [0.3, 0.4) is 0 Å². The summed E-state index contributed by atoms with van der Waals surface area (Å²) in [6.45, 7) is 9.77. The molecule has 1 aromatic rings. The van der Waals surface area contributed by atoms with E-state index in [9.17, 15) is 32.4 Å². The molecule has 2 saturated carbocycles. The smallest absolute Gasteiger partial charge is 0.410 e. The summed E-state index contributed by atoms with van der Waals surface area (Å²) in [4.78, 5) is 71.9. The van der Waals surface area contributed by atoms with Crippen molar-refractivity contribution >= 4 is 45.6 Å². The minimum Gasteiger partial charge on any atom is -0.444 e. The molecule has 0 unspecified atom stereocenters. The summed E-state index contributed by atoms with van der Waals surface area (Å²) >= 11 is 0. The maximum Gasteiger partial charge on any atom is 0.410 e. The van der Waals surface area contributed by atoms with Crippen molar-refractivity contribution in [3.8, 4) is 0 Å². The summed E-state index contributed by atoms with van der Waals surface area (Å²) in [5, 5.41) is -0.626. The Hall–Kier alpha value is -3.88. The van der Waals surface area contributed by atoms with Crippen molar-refractivity contribution in [2.24, 2.45) is 28.4 Å². The third kappa shape index (κ3) is 7.15. The topological polar surface area (TPSA) is 182 Å². The zero-order valence-electron chi connectivity index (χ0n) is 28.8. The number of carbonyl (C=O) groups excluding carboxylic acids is 5. The van der Waals surface area contributed by atoms with E-state index in [4.69, 9.17) is 15.2 Å². The maximum atomic E-state index is 14.4. The van der Waals surface area contributed by atoms with E-state index in [1.807, 2.05) is 45.0 Å². The van der Waals surface area contributed by atoms with Crippen LogP contribution in [0.15, 0.2) is 36.9 Å². The van der Waals surface area contributed by atoms with Gasteiger partial charge in [0.25, 0.3) is 0 Å². The number of nitrogens with zero attached hydrogens (tertiary/aromatic N) is 2. The lowest BCUT2D eigenvalue weighted by molar-refractivity contribution is -0.147. The van der Waals surface area contributed by atoms with Crippen LogP contribution in [-0.2, 0) is 51.8 Å². The fourth-order valence-corrected chi connectivity index (χ4v) is 8.78. The summed E-state index contributed by atoms with van der Waals surface area (Å²) in [7, 11) is -3.87. The maximum absolute atomic E-state index is 14.4. The van der Waals surface area contributed by atoms with Gasteiger partial charge in [0.15, 0.2) is 17.8 Å². The van der Waals surface area contributed by atoms with Crippen LogP contribution < -0.4 is 10.5 Å². The van der Waals surface area contributed by atoms with E-state index in [1.165, 1.54) is 11.0 Å². The summed E-state index contributed by atoms with van der Waals surface area (Å²) in [6.07, 6.45) is 2.98. The first-order chi connectivity index (χ1) is 23.5. The van der Waals surface area contributed by atoms with E-state index in [2.05, 4.69) is 11.3 Å². The molecule has 13 nitrogen and oxygen atoms in total. The lowest BCUT2D eigenvalue weighted by Gasteiger charge is -2.35. The third-order valence-corrected chi connectivity index (χ3v) is 12.6. The van der Waals surface area contributed by atoms with E-state index in [0.29, 0.717) is 25.9 Å². The van der Waals surface area contributed by atoms with E-state index >= 15 is 0 Å². The molecule has 50 heavy (non-hydrogen) atoms. The van der Waals surface area contributed by atoms with Gasteiger partial charge in [0.2, 0.25) is 21.8 Å². The largest absolute Gasteiger partial charge is 0.444 e. The van der Waals surface area contributed by atoms with Crippen molar-refractivity contribution < 1.29 is 41.9 Å². The van der Waals surface area contributed by atoms with Crippen LogP contribution in [0.5, 0.6) is 0 Å². The molecule has 1 aromatic carbocycles. The van der Waals surface area contributed by atoms with Crippen LogP contribution in [0.4, 0.5) is 4.79 Å². The summed E-state index contributed by atoms with van der Waals surface area (Å²) in [5.41, 5.74) is 6.85. The molecule has 6 rings (SSSR count). The number of hydrogen-bond donors (Lipinski definition) is 2. The highest BCUT2D eigenvalue weighted by atomic mass is 32.2. The van der Waals surface area contributed by atoms with E-state index in [0.717, 1.165) is 16.7 Å². The lowest BCUT2D eigenvalue weighted by Crippen LogP contribution is -2.49. The van der Waals surface area contributed by atoms with Crippen LogP contribution in [0.25, 0.3) is 6.08 Å². The average molecular weight is 711 g/mol. The molecular formula is C36H46N4O9S. The fourth-order valence-electron chi connectivity index (χ4n) is 7.40. The molecule has 270 valence electrons. The second kappa shape index (κ2) is 13.3. The molecule has 5 aliphatic rings. The van der Waals surface area contributed by atoms with Crippen molar-refractivity contribution in [3.63, 3.8) is 0 Å². The van der Waals surface area contributed by atoms with E-state index in [-0.39, 0.29) is 38.8 Å². The van der Waals surface area contributed by atoms with Gasteiger partial charge in [0.1, 0.15) is 6.10 Å². The minimum absolute atomic E-state index is 0.0185. The Kier molecular flexibility index (Phi) is 9.59. The Bertz CT molecular complexity index is 1750. The number of allylic oxidation sites excluding steroid dienone is 1. The SMILES string of the molecule is C=C[C@@H]1C[C@]1(CC(=O)[C@@H]1C[C@@H]2CN1C(=O)[C@H](C(C)(C)C)CC(=O)[C@H](N)OC/C=C/c1cccc3c1CN(C3)C(=O)O2)C(=O)NS(=O)(=O)C1CC1. The molecule has 0 spiro atoms. The molecule has 6 atom stereocenters. The predicted octanol–water partition coefficient (Wildman–Crippen LogP) is 2.82. The number of hydrogen-bond acceptors (Lipinski definition) is 10. The molecule has 3 fully saturated rings. The minimum atomic E-state index is -3.87. The highest BCUT2D eigenvalue weighted by Gasteiger charge is 2.61. The molecule has 0 aromatic heterocycles. The average Bonchev–Trinajstić information content (AvgIpc) is 3.94. The quantitative estimate of drug-likeness (QED) is 0.399. The van der Waals surface area contributed by atoms with Crippen LogP contribution in [0.1, 0.15) is 76.0 Å². The number of ether oxygens (including phenoxy) is 2. The van der Waals surface area contributed by atoms with Gasteiger partial charge in [-0.05, 0) is 47.3 Å². The zero-order valence-corrected chi connectivity index (χ0v) is 29.6. The molecular weight excluding hydrogens is 664 g/mol. The van der Waals surface area contributed by atoms with Gasteiger partial charge in [-0.25, -0.2) is 13.2 Å². The molecule has 3 aliphatic heterocycles. The molecule has 3 amide bonds. The first-order valence-electron chi connectivity index (χ1n) is 17.2. The van der Waals surface area contributed by atoms with Crippen LogP contribution >= 0.6 is 0 Å². The summed E-state index contributed by atoms with van der Waals surface area (Å²) in [5.74, 6) is -3.52. The second-order valence-corrected chi connectivity index (χ2v) is 17.3. The highest BCUT2D eigenvalue weighted by Crippen LogP contribution is 2.57. The number of rotatable bonds is 7. The van der Waals surface area contributed by atoms with E-state index < -0.39 is 85.8 Å². The van der Waals surface area contributed by atoms with Gasteiger partial charge in [-0.15, -0.1) is 6.58 Å². The normalized spacial score (nSPS) is 31.0. The Morgan fingerprint density at radius 1 is 1.16 bits per heavy atom. The summed E-state index contributed by atoms with van der Waals surface area (Å²) in [6, 6.07) is 4.65. The van der Waals surface area contributed by atoms with Crippen LogP contribution in [0.2, 0.25) is 0 Å². The Morgan fingerprint density at radius 2 is 1.90 bits per heavy atom. The van der Waals surface area contributed by atoms with Gasteiger partial charge in [-0.1, -0.05) is 57.2 Å². The first kappa shape index (κ1) is 35.9. The van der Waals surface area contributed by atoms with Gasteiger partial charge in [-0.2, -0.15) is 0 Å². The molecule has 0 radical (unpaired) electrons. The Labute approximate surface area is 292 Å². The number of sulfonamides is 1. The summed E-state index contributed by atoms with van der Waals surface area (Å²) < 4.78 is 39.1. The van der Waals surface area contributed by atoms with Crippen molar-refractivity contribution in [2.75, 3.05) is 13.2 Å². The number of nitrogens with two attached hydrogens (primary N) is 1. The number of carbonyl (C=O) groups is 5. The first-order valence-corrected chi connectivity index (χ1v) is 18.7. The van der Waals surface area contributed by atoms with Crippen molar-refractivity contribution in [3.05, 3.63) is 53.6 Å². The second-order valence-electron chi connectivity index (χ2n) is 15.4. The molecule has 1 saturated heterocycles. The zero-order chi connectivity index (χ0) is 36.2. The fraction of sp³-hybridized carbons (Fsp3) is 0.583. The molecule has 4 bridgehead atoms. The predicted molar refractivity (Wildman–Crippen MR) is 182 cm³/mol. The van der Waals surface area contributed by atoms with Gasteiger partial charge >= 0.3 is 6.09 Å². The van der Waals surface area contributed by atoms with Gasteiger partial charge in [0, 0.05) is 25.8 Å². The molecule has 2 aliphatic carbocycles. The lowest BCUT2D eigenvalue weighted by atomic mass is 9.76. The number of benzene rings is 1. The van der Waals surface area contributed by atoms with Gasteiger partial charge in [0.05, 0.1) is 42.3 Å². The monoisotopic (exact) mass is 710 g/mol. The number of ketones is 2. The van der Waals surface area contributed by atoms with Crippen molar-refractivity contribution in [1.29, 1.82) is 0 Å². The van der Waals surface area contributed by atoms with Gasteiger partial charge < -0.3 is 14.4 Å². The van der Waals surface area contributed by atoms with E-state index in [1.54, 1.807) is 11.0 Å². The van der Waals surface area contributed by atoms with Crippen molar-refractivity contribution in [2.45, 2.75) is 96.0 Å². The Balaban J connectivity index is 1.29. The molecule has 3 N–H and O–H groups in total. The number of amides is 3. The number of nitrogens with one attached hydrogen (secondary N) is 1. The number of fused-ring (bicyclic) bond motifs is 3.